The Morgan fingerprint density at radius 3 is 1.61 bits per heavy atom. The highest BCUT2D eigenvalue weighted by molar-refractivity contribution is 6.11. The molecule has 10 rings (SSSR count). The van der Waals surface area contributed by atoms with Gasteiger partial charge in [0.25, 0.3) is 0 Å². The number of hydrogen-bond donors (Lipinski definition) is 0. The zero-order valence-corrected chi connectivity index (χ0v) is 29.1. The van der Waals surface area contributed by atoms with Gasteiger partial charge in [-0.2, -0.15) is 10.5 Å². The SMILES string of the molecule is N#Cc1ccc2c(c1)c1ccccc1n2-c1cc(-c2cccc(-c3ccccc3C#N)c2)cc(-c2ccc3c(c2)c2ccccc2n3-c2ccccc2)c1. The van der Waals surface area contributed by atoms with Gasteiger partial charge < -0.3 is 9.13 Å². The molecule has 0 N–H and O–H groups in total. The van der Waals surface area contributed by atoms with Gasteiger partial charge in [-0.1, -0.05) is 97.1 Å². The molecule has 0 radical (unpaired) electrons. The topological polar surface area (TPSA) is 57.4 Å². The van der Waals surface area contributed by atoms with Crippen LogP contribution in [0.2, 0.25) is 0 Å². The summed E-state index contributed by atoms with van der Waals surface area (Å²) in [7, 11) is 0. The molecule has 2 aromatic heterocycles. The molecule has 4 nitrogen and oxygen atoms in total. The average molecular weight is 687 g/mol. The summed E-state index contributed by atoms with van der Waals surface area (Å²) in [5.41, 5.74) is 14.1. The highest BCUT2D eigenvalue weighted by atomic mass is 15.0. The third-order valence-corrected chi connectivity index (χ3v) is 10.6. The van der Waals surface area contributed by atoms with E-state index in [0.29, 0.717) is 11.1 Å². The molecule has 54 heavy (non-hydrogen) atoms. The maximum absolute atomic E-state index is 9.91. The Morgan fingerprint density at radius 2 is 0.889 bits per heavy atom. The Hall–Kier alpha value is -7.66. The Kier molecular flexibility index (Phi) is 7.22. The minimum Gasteiger partial charge on any atom is -0.309 e. The Bertz CT molecular complexity index is 3190. The maximum Gasteiger partial charge on any atom is 0.0998 e. The van der Waals surface area contributed by atoms with Crippen molar-refractivity contribution in [3.05, 3.63) is 193 Å². The van der Waals surface area contributed by atoms with Crippen LogP contribution in [0.25, 0.3) is 88.4 Å². The normalized spacial score (nSPS) is 11.3. The quantitative estimate of drug-likeness (QED) is 0.181. The van der Waals surface area contributed by atoms with Crippen LogP contribution in [0.15, 0.2) is 182 Å². The fourth-order valence-electron chi connectivity index (χ4n) is 8.10. The van der Waals surface area contributed by atoms with E-state index in [9.17, 15) is 10.5 Å². The zero-order valence-electron chi connectivity index (χ0n) is 29.1. The van der Waals surface area contributed by atoms with E-state index >= 15 is 0 Å². The summed E-state index contributed by atoms with van der Waals surface area (Å²) in [6.07, 6.45) is 0. The molecule has 4 heteroatoms. The number of fused-ring (bicyclic) bond motifs is 6. The van der Waals surface area contributed by atoms with Gasteiger partial charge >= 0.3 is 0 Å². The molecule has 0 aliphatic carbocycles. The van der Waals surface area contributed by atoms with Crippen molar-refractivity contribution in [3.8, 4) is 56.9 Å². The molecular weight excluding hydrogens is 657 g/mol. The number of para-hydroxylation sites is 3. The zero-order chi connectivity index (χ0) is 36.2. The first kappa shape index (κ1) is 31.1. The highest BCUT2D eigenvalue weighted by Gasteiger charge is 2.17. The molecule has 0 bridgehead atoms. The number of nitrogens with zero attached hydrogens (tertiary/aromatic N) is 4. The van der Waals surface area contributed by atoms with E-state index in [4.69, 9.17) is 0 Å². The van der Waals surface area contributed by atoms with Crippen LogP contribution in [0.4, 0.5) is 0 Å². The van der Waals surface area contributed by atoms with Crippen LogP contribution < -0.4 is 0 Å². The monoisotopic (exact) mass is 686 g/mol. The average Bonchev–Trinajstić information content (AvgIpc) is 3.76. The summed E-state index contributed by atoms with van der Waals surface area (Å²) in [5, 5.41) is 24.2. The Balaban J connectivity index is 1.24. The second kappa shape index (κ2) is 12.5. The minimum absolute atomic E-state index is 0.636. The van der Waals surface area contributed by atoms with Gasteiger partial charge in [0, 0.05) is 32.9 Å². The molecule has 0 amide bonds. The second-order valence-corrected chi connectivity index (χ2v) is 13.6. The molecule has 0 unspecified atom stereocenters. The molecule has 0 fully saturated rings. The third kappa shape index (κ3) is 4.98. The molecule has 2 heterocycles. The third-order valence-electron chi connectivity index (χ3n) is 10.6. The van der Waals surface area contributed by atoms with Gasteiger partial charge in [-0.15, -0.1) is 0 Å². The Labute approximate surface area is 312 Å². The summed E-state index contributed by atoms with van der Waals surface area (Å²) in [6.45, 7) is 0. The van der Waals surface area contributed by atoms with Crippen molar-refractivity contribution in [3.63, 3.8) is 0 Å². The molecule has 0 aliphatic rings. The van der Waals surface area contributed by atoms with Crippen LogP contribution in [0.3, 0.4) is 0 Å². The largest absolute Gasteiger partial charge is 0.309 e. The van der Waals surface area contributed by atoms with E-state index in [-0.39, 0.29) is 0 Å². The van der Waals surface area contributed by atoms with E-state index in [1.807, 2.05) is 36.4 Å². The van der Waals surface area contributed by atoms with Crippen LogP contribution >= 0.6 is 0 Å². The lowest BCUT2D eigenvalue weighted by molar-refractivity contribution is 1.18. The predicted molar refractivity (Wildman–Crippen MR) is 221 cm³/mol. The number of nitriles is 2. The highest BCUT2D eigenvalue weighted by Crippen LogP contribution is 2.40. The predicted octanol–water partition coefficient (Wildman–Crippen LogP) is 12.6. The number of hydrogen-bond acceptors (Lipinski definition) is 2. The summed E-state index contributed by atoms with van der Waals surface area (Å²) >= 11 is 0. The van der Waals surface area contributed by atoms with Crippen LogP contribution in [-0.4, -0.2) is 9.13 Å². The molecule has 0 saturated heterocycles. The summed E-state index contributed by atoms with van der Waals surface area (Å²) in [5.74, 6) is 0. The first-order chi connectivity index (χ1) is 26.7. The molecular formula is C50H30N4. The van der Waals surface area contributed by atoms with Gasteiger partial charge in [0.1, 0.15) is 0 Å². The number of benzene rings is 8. The van der Waals surface area contributed by atoms with Crippen molar-refractivity contribution in [1.82, 2.24) is 9.13 Å². The van der Waals surface area contributed by atoms with Crippen LogP contribution in [0, 0.1) is 22.7 Å². The van der Waals surface area contributed by atoms with Gasteiger partial charge in [-0.05, 0) is 118 Å². The van der Waals surface area contributed by atoms with E-state index in [2.05, 4.69) is 167 Å². The van der Waals surface area contributed by atoms with E-state index in [1.165, 1.54) is 16.3 Å². The maximum atomic E-state index is 9.91. The first-order valence-corrected chi connectivity index (χ1v) is 18.0. The fraction of sp³-hybridized carbons (Fsp3) is 0. The molecule has 0 aliphatic heterocycles. The van der Waals surface area contributed by atoms with Gasteiger partial charge in [0.15, 0.2) is 0 Å². The van der Waals surface area contributed by atoms with E-state index < -0.39 is 0 Å². The molecule has 0 spiro atoms. The lowest BCUT2D eigenvalue weighted by atomic mass is 9.93. The summed E-state index contributed by atoms with van der Waals surface area (Å²) < 4.78 is 4.65. The van der Waals surface area contributed by atoms with Gasteiger partial charge in [-0.25, -0.2) is 0 Å². The summed E-state index contributed by atoms with van der Waals surface area (Å²) in [6, 6.07) is 68.0. The standard InChI is InChI=1S/C50H30N4/c51-31-33-21-23-49-45(25-33)43-17-6-9-20-48(43)54(49)41-28-38(34-12-10-13-36(26-34)42-16-5-4-11-37(42)32-52)27-39(29-41)35-22-24-50-46(30-35)44-18-7-8-19-47(44)53(50)40-14-2-1-3-15-40/h1-30H. The van der Waals surface area contributed by atoms with E-state index in [0.717, 1.165) is 72.1 Å². The van der Waals surface area contributed by atoms with Crippen molar-refractivity contribution < 1.29 is 0 Å². The van der Waals surface area contributed by atoms with E-state index in [1.54, 1.807) is 0 Å². The van der Waals surface area contributed by atoms with Crippen molar-refractivity contribution in [1.29, 1.82) is 10.5 Å². The number of aromatic nitrogens is 2. The Morgan fingerprint density at radius 1 is 0.333 bits per heavy atom. The summed E-state index contributed by atoms with van der Waals surface area (Å²) in [4.78, 5) is 0. The van der Waals surface area contributed by atoms with Crippen molar-refractivity contribution >= 4 is 43.6 Å². The van der Waals surface area contributed by atoms with Crippen LogP contribution in [0.5, 0.6) is 0 Å². The molecule has 250 valence electrons. The number of rotatable bonds is 5. The molecule has 10 aromatic rings. The van der Waals surface area contributed by atoms with Crippen molar-refractivity contribution in [2.24, 2.45) is 0 Å². The van der Waals surface area contributed by atoms with Gasteiger partial charge in [0.05, 0.1) is 45.3 Å². The van der Waals surface area contributed by atoms with Crippen LogP contribution in [-0.2, 0) is 0 Å². The second-order valence-electron chi connectivity index (χ2n) is 13.6. The molecule has 0 saturated carbocycles. The molecule has 8 aromatic carbocycles. The van der Waals surface area contributed by atoms with Crippen LogP contribution in [0.1, 0.15) is 11.1 Å². The fourth-order valence-corrected chi connectivity index (χ4v) is 8.10. The van der Waals surface area contributed by atoms with Crippen molar-refractivity contribution in [2.45, 2.75) is 0 Å². The smallest absolute Gasteiger partial charge is 0.0998 e. The lowest BCUT2D eigenvalue weighted by Crippen LogP contribution is -1.96. The minimum atomic E-state index is 0.636. The molecule has 0 atom stereocenters. The van der Waals surface area contributed by atoms with Gasteiger partial charge in [-0.3, -0.25) is 0 Å². The van der Waals surface area contributed by atoms with Gasteiger partial charge in [0.2, 0.25) is 0 Å². The van der Waals surface area contributed by atoms with Crippen molar-refractivity contribution in [2.75, 3.05) is 0 Å². The first-order valence-electron chi connectivity index (χ1n) is 18.0. The lowest BCUT2D eigenvalue weighted by Gasteiger charge is -2.15.